The molecule has 1 unspecified atom stereocenters. The van der Waals surface area contributed by atoms with Crippen LogP contribution in [0.25, 0.3) is 0 Å². The van der Waals surface area contributed by atoms with Crippen LogP contribution in [0.1, 0.15) is 26.2 Å². The number of nitrogens with zero attached hydrogens (tertiary/aromatic N) is 2. The summed E-state index contributed by atoms with van der Waals surface area (Å²) in [6, 6.07) is 1.84. The second-order valence-corrected chi connectivity index (χ2v) is 5.53. The lowest BCUT2D eigenvalue weighted by atomic mass is 10.0. The third-order valence-corrected chi connectivity index (χ3v) is 3.75. The van der Waals surface area contributed by atoms with E-state index in [1.54, 1.807) is 6.20 Å². The zero-order valence-electron chi connectivity index (χ0n) is 10.6. The van der Waals surface area contributed by atoms with Crippen LogP contribution in [0.3, 0.4) is 0 Å². The molecule has 1 aromatic rings. The molecule has 2 heterocycles. The highest BCUT2D eigenvalue weighted by atomic mass is 79.9. The fourth-order valence-corrected chi connectivity index (χ4v) is 2.72. The Morgan fingerprint density at radius 3 is 3.11 bits per heavy atom. The minimum Gasteiger partial charge on any atom is -0.350 e. The summed E-state index contributed by atoms with van der Waals surface area (Å²) in [6.07, 6.45) is 5.09. The summed E-state index contributed by atoms with van der Waals surface area (Å²) in [5, 5.41) is 3.35. The molecule has 1 aliphatic rings. The summed E-state index contributed by atoms with van der Waals surface area (Å²) in [5.74, 6) is 0.244. The first-order valence-corrected chi connectivity index (χ1v) is 7.30. The molecule has 1 aliphatic heterocycles. The topological polar surface area (TPSA) is 28.2 Å². The lowest BCUT2D eigenvalue weighted by Crippen LogP contribution is -2.46. The number of aromatic nitrogens is 1. The molecule has 0 amide bonds. The minimum atomic E-state index is -0.243. The number of piperidine rings is 1. The molecule has 18 heavy (non-hydrogen) atoms. The lowest BCUT2D eigenvalue weighted by Gasteiger charge is -2.37. The van der Waals surface area contributed by atoms with Crippen LogP contribution in [0.5, 0.6) is 0 Å². The van der Waals surface area contributed by atoms with Crippen molar-refractivity contribution in [2.75, 3.05) is 24.5 Å². The van der Waals surface area contributed by atoms with E-state index in [-0.39, 0.29) is 5.82 Å². The molecule has 1 aromatic heterocycles. The molecule has 1 fully saturated rings. The average molecular weight is 316 g/mol. The molecular formula is C13H19BrFN3. The maximum absolute atomic E-state index is 14.0. The van der Waals surface area contributed by atoms with Crippen LogP contribution < -0.4 is 10.2 Å². The number of anilines is 1. The van der Waals surface area contributed by atoms with E-state index in [1.165, 1.54) is 12.5 Å². The van der Waals surface area contributed by atoms with Crippen LogP contribution in [-0.4, -0.2) is 30.7 Å². The zero-order chi connectivity index (χ0) is 13.0. The SMILES string of the molecule is CCNCC1CCCCN1c1ncc(Br)cc1F. The molecular weight excluding hydrogens is 297 g/mol. The smallest absolute Gasteiger partial charge is 0.166 e. The molecule has 1 saturated heterocycles. The van der Waals surface area contributed by atoms with Crippen molar-refractivity contribution in [2.45, 2.75) is 32.2 Å². The van der Waals surface area contributed by atoms with Crippen LogP contribution in [0, 0.1) is 5.82 Å². The summed E-state index contributed by atoms with van der Waals surface area (Å²) >= 11 is 3.24. The molecule has 2 rings (SSSR count). The van der Waals surface area contributed by atoms with Crippen molar-refractivity contribution in [3.05, 3.63) is 22.6 Å². The molecule has 1 N–H and O–H groups in total. The van der Waals surface area contributed by atoms with Crippen LogP contribution in [0.15, 0.2) is 16.7 Å². The van der Waals surface area contributed by atoms with Gasteiger partial charge in [0.2, 0.25) is 0 Å². The highest BCUT2D eigenvalue weighted by Gasteiger charge is 2.25. The Hall–Kier alpha value is -0.680. The number of pyridine rings is 1. The third kappa shape index (κ3) is 3.20. The molecule has 5 heteroatoms. The number of nitrogens with one attached hydrogen (secondary N) is 1. The average Bonchev–Trinajstić information content (AvgIpc) is 2.37. The van der Waals surface area contributed by atoms with Crippen molar-refractivity contribution in [2.24, 2.45) is 0 Å². The molecule has 3 nitrogen and oxygen atoms in total. The van der Waals surface area contributed by atoms with Crippen molar-refractivity contribution < 1.29 is 4.39 Å². The third-order valence-electron chi connectivity index (χ3n) is 3.32. The number of halogens is 2. The Morgan fingerprint density at radius 2 is 2.39 bits per heavy atom. The van der Waals surface area contributed by atoms with E-state index in [9.17, 15) is 4.39 Å². The Bertz CT molecular complexity index is 400. The number of rotatable bonds is 4. The van der Waals surface area contributed by atoms with Crippen molar-refractivity contribution in [1.29, 1.82) is 0 Å². The quantitative estimate of drug-likeness (QED) is 0.926. The van der Waals surface area contributed by atoms with Gasteiger partial charge in [0.15, 0.2) is 11.6 Å². The number of likely N-dealkylation sites (N-methyl/N-ethyl adjacent to an activating group) is 1. The van der Waals surface area contributed by atoms with Gasteiger partial charge in [-0.1, -0.05) is 6.92 Å². The minimum absolute atomic E-state index is 0.243. The Morgan fingerprint density at radius 1 is 1.56 bits per heavy atom. The van der Waals surface area contributed by atoms with Gasteiger partial charge in [0.05, 0.1) is 0 Å². The Labute approximate surface area is 116 Å². The van der Waals surface area contributed by atoms with E-state index < -0.39 is 0 Å². The van der Waals surface area contributed by atoms with Gasteiger partial charge in [-0.05, 0) is 47.8 Å². The van der Waals surface area contributed by atoms with Crippen LogP contribution >= 0.6 is 15.9 Å². The fourth-order valence-electron chi connectivity index (χ4n) is 2.42. The molecule has 1 atom stereocenters. The Kier molecular flexibility index (Phi) is 4.95. The summed E-state index contributed by atoms with van der Waals surface area (Å²) in [7, 11) is 0. The largest absolute Gasteiger partial charge is 0.350 e. The predicted molar refractivity (Wildman–Crippen MR) is 75.4 cm³/mol. The zero-order valence-corrected chi connectivity index (χ0v) is 12.2. The summed E-state index contributed by atoms with van der Waals surface area (Å²) in [6.45, 7) is 4.82. The highest BCUT2D eigenvalue weighted by Crippen LogP contribution is 2.26. The number of hydrogen-bond donors (Lipinski definition) is 1. The summed E-state index contributed by atoms with van der Waals surface area (Å²) in [5.41, 5.74) is 0. The molecule has 0 aromatic carbocycles. The van der Waals surface area contributed by atoms with Crippen molar-refractivity contribution in [3.8, 4) is 0 Å². The molecule has 100 valence electrons. The van der Waals surface area contributed by atoms with Gasteiger partial charge in [0, 0.05) is 29.8 Å². The maximum Gasteiger partial charge on any atom is 0.166 e. The summed E-state index contributed by atoms with van der Waals surface area (Å²) in [4.78, 5) is 6.34. The van der Waals surface area contributed by atoms with E-state index in [4.69, 9.17) is 0 Å². The van der Waals surface area contributed by atoms with E-state index in [0.717, 1.165) is 32.5 Å². The monoisotopic (exact) mass is 315 g/mol. The second kappa shape index (κ2) is 6.48. The van der Waals surface area contributed by atoms with Gasteiger partial charge in [-0.3, -0.25) is 0 Å². The normalized spacial score (nSPS) is 20.2. The predicted octanol–water partition coefficient (Wildman–Crippen LogP) is 2.95. The van der Waals surface area contributed by atoms with Crippen LogP contribution in [0.4, 0.5) is 10.2 Å². The van der Waals surface area contributed by atoms with Crippen LogP contribution in [0.2, 0.25) is 0 Å². The van der Waals surface area contributed by atoms with Crippen molar-refractivity contribution in [3.63, 3.8) is 0 Å². The molecule has 0 radical (unpaired) electrons. The van der Waals surface area contributed by atoms with E-state index in [0.29, 0.717) is 16.3 Å². The standard InChI is InChI=1S/C13H19BrFN3/c1-2-16-9-11-5-3-4-6-18(11)13-12(15)7-10(14)8-17-13/h7-8,11,16H,2-6,9H2,1H3. The van der Waals surface area contributed by atoms with E-state index in [2.05, 4.69) is 38.1 Å². The van der Waals surface area contributed by atoms with Gasteiger partial charge in [-0.15, -0.1) is 0 Å². The van der Waals surface area contributed by atoms with Crippen molar-refractivity contribution >= 4 is 21.7 Å². The van der Waals surface area contributed by atoms with Gasteiger partial charge in [-0.25, -0.2) is 9.37 Å². The molecule has 0 saturated carbocycles. The van der Waals surface area contributed by atoms with Crippen LogP contribution in [-0.2, 0) is 0 Å². The molecule has 0 bridgehead atoms. The second-order valence-electron chi connectivity index (χ2n) is 4.61. The first kappa shape index (κ1) is 13.7. The van der Waals surface area contributed by atoms with Gasteiger partial charge < -0.3 is 10.2 Å². The maximum atomic E-state index is 14.0. The van der Waals surface area contributed by atoms with E-state index in [1.807, 2.05) is 0 Å². The van der Waals surface area contributed by atoms with Gasteiger partial charge in [0.1, 0.15) is 0 Å². The summed E-state index contributed by atoms with van der Waals surface area (Å²) < 4.78 is 14.7. The number of hydrogen-bond acceptors (Lipinski definition) is 3. The molecule has 0 spiro atoms. The highest BCUT2D eigenvalue weighted by molar-refractivity contribution is 9.10. The Balaban J connectivity index is 2.16. The van der Waals surface area contributed by atoms with E-state index >= 15 is 0 Å². The fraction of sp³-hybridized carbons (Fsp3) is 0.615. The van der Waals surface area contributed by atoms with Gasteiger partial charge >= 0.3 is 0 Å². The van der Waals surface area contributed by atoms with Crippen molar-refractivity contribution in [1.82, 2.24) is 10.3 Å². The van der Waals surface area contributed by atoms with Gasteiger partial charge in [-0.2, -0.15) is 0 Å². The molecule has 0 aliphatic carbocycles. The lowest BCUT2D eigenvalue weighted by molar-refractivity contribution is 0.429. The first-order chi connectivity index (χ1) is 8.72. The first-order valence-electron chi connectivity index (χ1n) is 6.50. The van der Waals surface area contributed by atoms with Gasteiger partial charge in [0.25, 0.3) is 0 Å².